The Morgan fingerprint density at radius 2 is 2.06 bits per heavy atom. The van der Waals surface area contributed by atoms with Gasteiger partial charge in [-0.1, -0.05) is 0 Å². The molecule has 0 fully saturated rings. The fourth-order valence-electron chi connectivity index (χ4n) is 2.05. The van der Waals surface area contributed by atoms with E-state index in [0.717, 1.165) is 28.0 Å². The molecule has 0 atom stereocenters. The van der Waals surface area contributed by atoms with Crippen molar-refractivity contribution < 1.29 is 0 Å². The quantitative estimate of drug-likeness (QED) is 0.672. The highest BCUT2D eigenvalue weighted by atomic mass is 16.3. The summed E-state index contributed by atoms with van der Waals surface area (Å²) in [5, 5.41) is 11.1. The molecule has 0 saturated heterocycles. The summed E-state index contributed by atoms with van der Waals surface area (Å²) >= 11 is 0. The minimum absolute atomic E-state index is 0.408. The molecule has 5 heteroatoms. The van der Waals surface area contributed by atoms with E-state index in [1.54, 1.807) is 12.1 Å². The maximum absolute atomic E-state index is 10.6. The molecule has 90 valence electrons. The predicted octanol–water partition coefficient (Wildman–Crippen LogP) is 3.57. The van der Waals surface area contributed by atoms with E-state index in [4.69, 9.17) is 0 Å². The molecule has 0 unspecified atom stereocenters. The fraction of sp³-hybridized carbons (Fsp3) is 0.154. The summed E-state index contributed by atoms with van der Waals surface area (Å²) in [6.07, 6.45) is 0. The lowest BCUT2D eigenvalue weighted by molar-refractivity contribution is 1.11. The summed E-state index contributed by atoms with van der Waals surface area (Å²) in [6, 6.07) is 7.27. The van der Waals surface area contributed by atoms with Crippen molar-refractivity contribution in [1.29, 1.82) is 0 Å². The highest BCUT2D eigenvalue weighted by Crippen LogP contribution is 2.29. The Labute approximate surface area is 103 Å². The molecule has 0 spiro atoms. The first kappa shape index (κ1) is 10.7. The van der Waals surface area contributed by atoms with Crippen LogP contribution in [0.1, 0.15) is 11.3 Å². The minimum Gasteiger partial charge on any atom is -0.357 e. The summed E-state index contributed by atoms with van der Waals surface area (Å²) in [4.78, 5) is 13.9. The molecule has 1 aromatic carbocycles. The molecule has 5 nitrogen and oxygen atoms in total. The van der Waals surface area contributed by atoms with Crippen LogP contribution in [0.25, 0.3) is 22.3 Å². The zero-order valence-electron chi connectivity index (χ0n) is 10.1. The molecule has 18 heavy (non-hydrogen) atoms. The first-order valence-electron chi connectivity index (χ1n) is 5.67. The van der Waals surface area contributed by atoms with E-state index in [0.29, 0.717) is 5.69 Å². The van der Waals surface area contributed by atoms with E-state index in [1.807, 2.05) is 26.0 Å². The first-order chi connectivity index (χ1) is 8.69. The van der Waals surface area contributed by atoms with Gasteiger partial charge in [0.25, 0.3) is 0 Å². The Morgan fingerprint density at radius 3 is 2.72 bits per heavy atom. The third-order valence-electron chi connectivity index (χ3n) is 3.18. The van der Waals surface area contributed by atoms with Crippen LogP contribution in [0.5, 0.6) is 0 Å². The second kappa shape index (κ2) is 3.80. The summed E-state index contributed by atoms with van der Waals surface area (Å²) in [6.45, 7) is 4.06. The van der Waals surface area contributed by atoms with Gasteiger partial charge in [-0.15, -0.1) is 4.91 Å². The molecular weight excluding hydrogens is 228 g/mol. The van der Waals surface area contributed by atoms with E-state index < -0.39 is 0 Å². The molecule has 0 aliphatic rings. The maximum Gasteiger partial charge on any atom is 0.116 e. The second-order valence-electron chi connectivity index (χ2n) is 4.38. The van der Waals surface area contributed by atoms with Gasteiger partial charge < -0.3 is 4.98 Å². The number of benzene rings is 1. The lowest BCUT2D eigenvalue weighted by Gasteiger charge is -1.94. The molecule has 3 aromatic rings. The van der Waals surface area contributed by atoms with E-state index in [9.17, 15) is 4.91 Å². The van der Waals surface area contributed by atoms with Gasteiger partial charge in [-0.2, -0.15) is 5.10 Å². The van der Waals surface area contributed by atoms with Crippen molar-refractivity contribution in [3.05, 3.63) is 40.4 Å². The molecule has 2 aromatic heterocycles. The molecule has 0 bridgehead atoms. The molecule has 0 aliphatic carbocycles. The third kappa shape index (κ3) is 1.52. The SMILES string of the molecule is Cc1cc(-c2n[nH]c3ccc(N=O)cc23)[nH]c1C. The van der Waals surface area contributed by atoms with Crippen molar-refractivity contribution >= 4 is 16.6 Å². The molecule has 2 heterocycles. The standard InChI is InChI=1S/C13H12N4O/c1-7-5-12(14-8(7)2)13-10-6-9(17-18)3-4-11(10)15-16-13/h3-6,14H,1-2H3,(H,15,16). The Bertz CT molecular complexity index is 719. The summed E-state index contributed by atoms with van der Waals surface area (Å²) in [5.41, 5.74) is 5.36. The summed E-state index contributed by atoms with van der Waals surface area (Å²) in [5.74, 6) is 0. The molecular formula is C13H12N4O. The minimum atomic E-state index is 0.408. The fourth-order valence-corrected chi connectivity index (χ4v) is 2.05. The molecule has 2 N–H and O–H groups in total. The average molecular weight is 240 g/mol. The highest BCUT2D eigenvalue weighted by molar-refractivity contribution is 5.93. The van der Waals surface area contributed by atoms with Crippen LogP contribution in [0.2, 0.25) is 0 Å². The van der Waals surface area contributed by atoms with Gasteiger partial charge in [0.2, 0.25) is 0 Å². The Hall–Kier alpha value is -2.43. The number of hydrogen-bond acceptors (Lipinski definition) is 3. The zero-order chi connectivity index (χ0) is 12.7. The van der Waals surface area contributed by atoms with Gasteiger partial charge in [-0.3, -0.25) is 5.10 Å². The highest BCUT2D eigenvalue weighted by Gasteiger charge is 2.11. The Kier molecular flexibility index (Phi) is 2.26. The number of nitrogens with zero attached hydrogens (tertiary/aromatic N) is 2. The molecule has 0 aliphatic heterocycles. The normalized spacial score (nSPS) is 11.0. The summed E-state index contributed by atoms with van der Waals surface area (Å²) in [7, 11) is 0. The van der Waals surface area contributed by atoms with Crippen molar-refractivity contribution in [1.82, 2.24) is 15.2 Å². The van der Waals surface area contributed by atoms with Crippen LogP contribution in [0.4, 0.5) is 5.69 Å². The molecule has 0 radical (unpaired) electrons. The molecule has 3 rings (SSSR count). The van der Waals surface area contributed by atoms with Crippen LogP contribution in [-0.4, -0.2) is 15.2 Å². The molecule has 0 amide bonds. The first-order valence-corrected chi connectivity index (χ1v) is 5.67. The van der Waals surface area contributed by atoms with Crippen LogP contribution < -0.4 is 0 Å². The smallest absolute Gasteiger partial charge is 0.116 e. The Balaban J connectivity index is 2.25. The number of hydrogen-bond donors (Lipinski definition) is 2. The number of aromatic amines is 2. The van der Waals surface area contributed by atoms with Crippen molar-refractivity contribution in [2.24, 2.45) is 5.18 Å². The second-order valence-corrected chi connectivity index (χ2v) is 4.38. The van der Waals surface area contributed by atoms with Gasteiger partial charge >= 0.3 is 0 Å². The third-order valence-corrected chi connectivity index (χ3v) is 3.18. The maximum atomic E-state index is 10.6. The van der Waals surface area contributed by atoms with Crippen LogP contribution in [0.3, 0.4) is 0 Å². The van der Waals surface area contributed by atoms with Crippen LogP contribution in [0, 0.1) is 18.8 Å². The number of aryl methyl sites for hydroxylation is 2. The van der Waals surface area contributed by atoms with Crippen LogP contribution in [0.15, 0.2) is 29.4 Å². The lowest BCUT2D eigenvalue weighted by Crippen LogP contribution is -1.79. The number of nitroso groups, excluding NO2 is 1. The lowest BCUT2D eigenvalue weighted by atomic mass is 10.1. The van der Waals surface area contributed by atoms with Crippen LogP contribution >= 0.6 is 0 Å². The number of H-pyrrole nitrogens is 2. The monoisotopic (exact) mass is 240 g/mol. The van der Waals surface area contributed by atoms with Crippen molar-refractivity contribution in [3.63, 3.8) is 0 Å². The number of nitrogens with one attached hydrogen (secondary N) is 2. The van der Waals surface area contributed by atoms with Gasteiger partial charge in [0, 0.05) is 11.1 Å². The summed E-state index contributed by atoms with van der Waals surface area (Å²) < 4.78 is 0. The van der Waals surface area contributed by atoms with Crippen molar-refractivity contribution in [3.8, 4) is 11.4 Å². The average Bonchev–Trinajstić information content (AvgIpc) is 2.93. The van der Waals surface area contributed by atoms with E-state index >= 15 is 0 Å². The number of aromatic nitrogens is 3. The van der Waals surface area contributed by atoms with Crippen molar-refractivity contribution in [2.45, 2.75) is 13.8 Å². The topological polar surface area (TPSA) is 73.9 Å². The van der Waals surface area contributed by atoms with Gasteiger partial charge in [0.1, 0.15) is 11.4 Å². The number of rotatable bonds is 2. The largest absolute Gasteiger partial charge is 0.357 e. The number of fused-ring (bicyclic) bond motifs is 1. The zero-order valence-corrected chi connectivity index (χ0v) is 10.1. The molecule has 0 saturated carbocycles. The van der Waals surface area contributed by atoms with E-state index in [1.165, 1.54) is 5.56 Å². The van der Waals surface area contributed by atoms with Gasteiger partial charge in [-0.05, 0) is 48.9 Å². The van der Waals surface area contributed by atoms with Gasteiger partial charge in [0.15, 0.2) is 0 Å². The Morgan fingerprint density at radius 1 is 1.22 bits per heavy atom. The van der Waals surface area contributed by atoms with Crippen molar-refractivity contribution in [2.75, 3.05) is 0 Å². The van der Waals surface area contributed by atoms with E-state index in [2.05, 4.69) is 20.4 Å². The van der Waals surface area contributed by atoms with E-state index in [-0.39, 0.29) is 0 Å². The van der Waals surface area contributed by atoms with Crippen LogP contribution in [-0.2, 0) is 0 Å². The predicted molar refractivity (Wildman–Crippen MR) is 70.8 cm³/mol. The van der Waals surface area contributed by atoms with Gasteiger partial charge in [-0.25, -0.2) is 0 Å². The van der Waals surface area contributed by atoms with Gasteiger partial charge in [0.05, 0.1) is 11.2 Å².